The molecule has 2 aromatic rings. The second-order valence-electron chi connectivity index (χ2n) is 6.77. The molecule has 1 fully saturated rings. The number of carbonyl (C=O) groups is 2. The number of pyridine rings is 1. The van der Waals surface area contributed by atoms with E-state index < -0.39 is 12.4 Å². The average Bonchev–Trinajstić information content (AvgIpc) is 3.46. The first-order chi connectivity index (χ1) is 13.2. The van der Waals surface area contributed by atoms with E-state index in [-0.39, 0.29) is 29.8 Å². The van der Waals surface area contributed by atoms with Crippen molar-refractivity contribution < 1.29 is 27.5 Å². The number of alkyl halides is 3. The van der Waals surface area contributed by atoms with Gasteiger partial charge in [0.15, 0.2) is 0 Å². The van der Waals surface area contributed by atoms with Crippen molar-refractivity contribution in [3.8, 4) is 5.75 Å². The zero-order chi connectivity index (χ0) is 20.3. The Bertz CT molecular complexity index is 862. The van der Waals surface area contributed by atoms with E-state index in [9.17, 15) is 22.8 Å². The molecule has 28 heavy (non-hydrogen) atoms. The van der Waals surface area contributed by atoms with Gasteiger partial charge in [-0.3, -0.25) is 14.6 Å². The lowest BCUT2D eigenvalue weighted by Crippen LogP contribution is -2.27. The number of hydrogen-bond donors (Lipinski definition) is 1. The molecule has 8 heteroatoms. The molecule has 0 radical (unpaired) electrons. The Hall–Kier alpha value is -2.90. The predicted molar refractivity (Wildman–Crippen MR) is 94.7 cm³/mol. The van der Waals surface area contributed by atoms with E-state index in [0.717, 1.165) is 12.8 Å². The Kier molecular flexibility index (Phi) is 5.67. The highest BCUT2D eigenvalue weighted by Crippen LogP contribution is 2.30. The molecule has 0 bridgehead atoms. The van der Waals surface area contributed by atoms with Crippen molar-refractivity contribution in [1.29, 1.82) is 0 Å². The number of ketones is 1. The summed E-state index contributed by atoms with van der Waals surface area (Å²) in [7, 11) is 0. The molecule has 1 heterocycles. The third-order valence-corrected chi connectivity index (χ3v) is 4.43. The Morgan fingerprint density at radius 3 is 2.50 bits per heavy atom. The van der Waals surface area contributed by atoms with Crippen molar-refractivity contribution in [2.24, 2.45) is 5.92 Å². The number of amides is 1. The molecule has 1 aromatic carbocycles. The van der Waals surface area contributed by atoms with Gasteiger partial charge in [-0.25, -0.2) is 0 Å². The van der Waals surface area contributed by atoms with E-state index in [0.29, 0.717) is 16.8 Å². The lowest BCUT2D eigenvalue weighted by Gasteiger charge is -2.16. The summed E-state index contributed by atoms with van der Waals surface area (Å²) in [5.41, 5.74) is 1.55. The largest absolute Gasteiger partial charge is 0.573 e. The predicted octanol–water partition coefficient (Wildman–Crippen LogP) is 3.99. The van der Waals surface area contributed by atoms with Crippen molar-refractivity contribution in [2.45, 2.75) is 38.6 Å². The van der Waals surface area contributed by atoms with Crippen LogP contribution in [0, 0.1) is 5.92 Å². The monoisotopic (exact) mass is 392 g/mol. The highest BCUT2D eigenvalue weighted by atomic mass is 19.4. The van der Waals surface area contributed by atoms with Gasteiger partial charge < -0.3 is 10.1 Å². The van der Waals surface area contributed by atoms with Gasteiger partial charge in [0.25, 0.3) is 5.91 Å². The maximum Gasteiger partial charge on any atom is 0.573 e. The van der Waals surface area contributed by atoms with Crippen LogP contribution in [0.3, 0.4) is 0 Å². The number of rotatable bonds is 7. The molecule has 0 saturated heterocycles. The molecule has 1 unspecified atom stereocenters. The fourth-order valence-electron chi connectivity index (χ4n) is 2.77. The van der Waals surface area contributed by atoms with E-state index in [1.807, 2.05) is 0 Å². The Morgan fingerprint density at radius 1 is 1.21 bits per heavy atom. The Labute approximate surface area is 159 Å². The number of aromatic nitrogens is 1. The minimum absolute atomic E-state index is 0.128. The van der Waals surface area contributed by atoms with Crippen LogP contribution in [0.15, 0.2) is 42.6 Å². The molecule has 0 spiro atoms. The van der Waals surface area contributed by atoms with Gasteiger partial charge in [0.05, 0.1) is 6.04 Å². The number of benzene rings is 1. The lowest BCUT2D eigenvalue weighted by atomic mass is 10.1. The summed E-state index contributed by atoms with van der Waals surface area (Å²) in [6.07, 6.45) is -1.21. The number of nitrogens with one attached hydrogen (secondary N) is 1. The van der Waals surface area contributed by atoms with Crippen molar-refractivity contribution in [3.05, 3.63) is 59.4 Å². The van der Waals surface area contributed by atoms with E-state index in [4.69, 9.17) is 0 Å². The summed E-state index contributed by atoms with van der Waals surface area (Å²) in [6.45, 7) is 1.72. The zero-order valence-electron chi connectivity index (χ0n) is 15.1. The van der Waals surface area contributed by atoms with Crippen LogP contribution >= 0.6 is 0 Å². The molecule has 1 aromatic heterocycles. The second-order valence-corrected chi connectivity index (χ2v) is 6.77. The molecular weight excluding hydrogens is 373 g/mol. The standard InChI is InChI=1S/C20H19F3N2O3/c1-12(13-4-6-17(7-5-13)28-20(21,22)23)25-19(27)15-8-9-24-16(10-15)11-18(26)14-2-3-14/h4-10,12,14H,2-3,11H2,1H3,(H,25,27). The molecule has 5 nitrogen and oxygen atoms in total. The first kappa shape index (κ1) is 19.9. The van der Waals surface area contributed by atoms with Crippen LogP contribution in [0.5, 0.6) is 5.75 Å². The minimum atomic E-state index is -4.75. The molecule has 1 saturated carbocycles. The normalized spacial score (nSPS) is 15.0. The average molecular weight is 392 g/mol. The summed E-state index contributed by atoms with van der Waals surface area (Å²) in [6, 6.07) is 8.00. The summed E-state index contributed by atoms with van der Waals surface area (Å²) >= 11 is 0. The number of ether oxygens (including phenoxy) is 1. The lowest BCUT2D eigenvalue weighted by molar-refractivity contribution is -0.274. The van der Waals surface area contributed by atoms with Gasteiger partial charge in [-0.1, -0.05) is 12.1 Å². The van der Waals surface area contributed by atoms with Gasteiger partial charge in [-0.05, 0) is 49.6 Å². The van der Waals surface area contributed by atoms with Crippen LogP contribution in [0.25, 0.3) is 0 Å². The van der Waals surface area contributed by atoms with Crippen molar-refractivity contribution in [3.63, 3.8) is 0 Å². The first-order valence-corrected chi connectivity index (χ1v) is 8.85. The van der Waals surface area contributed by atoms with Gasteiger partial charge in [0, 0.05) is 29.8 Å². The summed E-state index contributed by atoms with van der Waals surface area (Å²) in [4.78, 5) is 28.5. The first-order valence-electron chi connectivity index (χ1n) is 8.85. The molecule has 3 rings (SSSR count). The topological polar surface area (TPSA) is 68.3 Å². The maximum absolute atomic E-state index is 12.5. The highest BCUT2D eigenvalue weighted by Gasteiger charge is 2.31. The van der Waals surface area contributed by atoms with E-state index in [1.54, 1.807) is 19.1 Å². The van der Waals surface area contributed by atoms with Crippen LogP contribution < -0.4 is 10.1 Å². The van der Waals surface area contributed by atoms with E-state index >= 15 is 0 Å². The molecule has 1 N–H and O–H groups in total. The fourth-order valence-corrected chi connectivity index (χ4v) is 2.77. The highest BCUT2D eigenvalue weighted by molar-refractivity contribution is 5.94. The van der Waals surface area contributed by atoms with Crippen LogP contribution in [0.4, 0.5) is 13.2 Å². The molecule has 1 aliphatic rings. The van der Waals surface area contributed by atoms with Crippen LogP contribution in [-0.2, 0) is 11.2 Å². The second kappa shape index (κ2) is 8.00. The number of hydrogen-bond acceptors (Lipinski definition) is 4. The minimum Gasteiger partial charge on any atom is -0.406 e. The van der Waals surface area contributed by atoms with E-state index in [1.165, 1.54) is 30.5 Å². The van der Waals surface area contributed by atoms with Crippen molar-refractivity contribution >= 4 is 11.7 Å². The Balaban J connectivity index is 1.61. The number of carbonyl (C=O) groups excluding carboxylic acids is 2. The van der Waals surface area contributed by atoms with Crippen LogP contribution in [0.2, 0.25) is 0 Å². The molecule has 1 aliphatic carbocycles. The zero-order valence-corrected chi connectivity index (χ0v) is 15.1. The van der Waals surface area contributed by atoms with Gasteiger partial charge in [0.1, 0.15) is 11.5 Å². The molecule has 1 amide bonds. The number of nitrogens with zero attached hydrogens (tertiary/aromatic N) is 1. The maximum atomic E-state index is 12.5. The van der Waals surface area contributed by atoms with Gasteiger partial charge in [-0.15, -0.1) is 13.2 Å². The SMILES string of the molecule is CC(NC(=O)c1ccnc(CC(=O)C2CC2)c1)c1ccc(OC(F)(F)F)cc1. The van der Waals surface area contributed by atoms with Crippen molar-refractivity contribution in [1.82, 2.24) is 10.3 Å². The van der Waals surface area contributed by atoms with Gasteiger partial charge in [-0.2, -0.15) is 0 Å². The molecular formula is C20H19F3N2O3. The van der Waals surface area contributed by atoms with Crippen molar-refractivity contribution in [2.75, 3.05) is 0 Å². The summed E-state index contributed by atoms with van der Waals surface area (Å²) < 4.78 is 40.5. The van der Waals surface area contributed by atoms with Crippen LogP contribution in [-0.4, -0.2) is 23.0 Å². The van der Waals surface area contributed by atoms with Gasteiger partial charge in [0.2, 0.25) is 0 Å². The Morgan fingerprint density at radius 2 is 1.89 bits per heavy atom. The number of Topliss-reactive ketones (excluding diaryl/α,β-unsaturated/α-hetero) is 1. The quantitative estimate of drug-likeness (QED) is 0.774. The third kappa shape index (κ3) is 5.55. The third-order valence-electron chi connectivity index (χ3n) is 4.43. The fraction of sp³-hybridized carbons (Fsp3) is 0.350. The van der Waals surface area contributed by atoms with Crippen LogP contribution in [0.1, 0.15) is 47.4 Å². The van der Waals surface area contributed by atoms with E-state index in [2.05, 4.69) is 15.0 Å². The molecule has 1 atom stereocenters. The molecule has 148 valence electrons. The summed E-state index contributed by atoms with van der Waals surface area (Å²) in [5, 5.41) is 2.78. The molecule has 0 aliphatic heterocycles. The summed E-state index contributed by atoms with van der Waals surface area (Å²) in [5.74, 6) is -0.414. The number of halogens is 3. The smallest absolute Gasteiger partial charge is 0.406 e. The van der Waals surface area contributed by atoms with Gasteiger partial charge >= 0.3 is 6.36 Å².